The van der Waals surface area contributed by atoms with Gasteiger partial charge in [0.05, 0.1) is 19.3 Å². The number of ether oxygens (including phenoxy) is 1. The predicted molar refractivity (Wildman–Crippen MR) is 62.4 cm³/mol. The molecule has 0 bridgehead atoms. The Bertz CT molecular complexity index is 348. The van der Waals surface area contributed by atoms with E-state index in [4.69, 9.17) is 4.74 Å². The molecule has 1 aromatic heterocycles. The second kappa shape index (κ2) is 7.19. The maximum Gasteiger partial charge on any atom is 0.250 e. The van der Waals surface area contributed by atoms with Crippen molar-refractivity contribution in [2.75, 3.05) is 13.2 Å². The van der Waals surface area contributed by atoms with Crippen LogP contribution in [0.4, 0.5) is 0 Å². The van der Waals surface area contributed by atoms with Crippen molar-refractivity contribution >= 4 is 0 Å². The van der Waals surface area contributed by atoms with Crippen molar-refractivity contribution in [2.24, 2.45) is 0 Å². The second-order valence-corrected chi connectivity index (χ2v) is 3.77. The predicted octanol–water partition coefficient (Wildman–Crippen LogP) is 1.03. The topological polar surface area (TPSA) is 51.5 Å². The van der Waals surface area contributed by atoms with Crippen LogP contribution in [0.25, 0.3) is 0 Å². The van der Waals surface area contributed by atoms with Gasteiger partial charge in [-0.1, -0.05) is 19.4 Å². The number of nitrogens with zero attached hydrogens (tertiary/aromatic N) is 1. The monoisotopic (exact) mass is 225 g/mol. The minimum atomic E-state index is -0.628. The summed E-state index contributed by atoms with van der Waals surface area (Å²) in [4.78, 5) is 11.3. The molecule has 1 unspecified atom stereocenters. The van der Waals surface area contributed by atoms with Crippen molar-refractivity contribution in [3.05, 3.63) is 34.7 Å². The first kappa shape index (κ1) is 12.9. The van der Waals surface area contributed by atoms with Gasteiger partial charge in [-0.05, 0) is 12.5 Å². The molecule has 0 radical (unpaired) electrons. The molecule has 0 saturated carbocycles. The Balaban J connectivity index is 2.31. The van der Waals surface area contributed by atoms with Crippen molar-refractivity contribution in [1.29, 1.82) is 0 Å². The molecule has 1 heterocycles. The van der Waals surface area contributed by atoms with Gasteiger partial charge in [-0.15, -0.1) is 0 Å². The van der Waals surface area contributed by atoms with E-state index in [1.54, 1.807) is 18.3 Å². The van der Waals surface area contributed by atoms with Gasteiger partial charge in [0, 0.05) is 18.9 Å². The summed E-state index contributed by atoms with van der Waals surface area (Å²) >= 11 is 0. The van der Waals surface area contributed by atoms with Gasteiger partial charge in [-0.2, -0.15) is 0 Å². The number of pyridine rings is 1. The Morgan fingerprint density at radius 1 is 1.50 bits per heavy atom. The zero-order valence-electron chi connectivity index (χ0n) is 9.63. The van der Waals surface area contributed by atoms with Gasteiger partial charge < -0.3 is 14.4 Å². The number of hydrogen-bond donors (Lipinski definition) is 1. The van der Waals surface area contributed by atoms with E-state index in [-0.39, 0.29) is 18.7 Å². The van der Waals surface area contributed by atoms with Gasteiger partial charge in [0.15, 0.2) is 0 Å². The summed E-state index contributed by atoms with van der Waals surface area (Å²) in [6.45, 7) is 3.31. The van der Waals surface area contributed by atoms with Crippen molar-refractivity contribution in [1.82, 2.24) is 4.57 Å². The minimum absolute atomic E-state index is 0.102. The van der Waals surface area contributed by atoms with Crippen LogP contribution in [0, 0.1) is 0 Å². The number of rotatable bonds is 7. The van der Waals surface area contributed by atoms with Crippen LogP contribution in [-0.2, 0) is 11.3 Å². The first-order valence-corrected chi connectivity index (χ1v) is 5.65. The van der Waals surface area contributed by atoms with Gasteiger partial charge in [0.25, 0.3) is 5.56 Å². The van der Waals surface area contributed by atoms with Gasteiger partial charge in [-0.25, -0.2) is 0 Å². The third-order valence-electron chi connectivity index (χ3n) is 2.26. The summed E-state index contributed by atoms with van der Waals surface area (Å²) in [5, 5.41) is 9.64. The van der Waals surface area contributed by atoms with Crippen molar-refractivity contribution in [3.63, 3.8) is 0 Å². The molecule has 1 N–H and O–H groups in total. The van der Waals surface area contributed by atoms with E-state index in [2.05, 4.69) is 6.92 Å². The number of unbranched alkanes of at least 4 members (excludes halogenated alkanes) is 1. The summed E-state index contributed by atoms with van der Waals surface area (Å²) in [6, 6.07) is 4.93. The highest BCUT2D eigenvalue weighted by molar-refractivity contribution is 4.93. The standard InChI is InChI=1S/C12H19NO3/c1-2-3-8-16-10-11(14)9-13-7-5-4-6-12(13)15/h4-7,11,14H,2-3,8-10H2,1H3. The molecule has 1 rings (SSSR count). The Kier molecular flexibility index (Phi) is 5.82. The van der Waals surface area contributed by atoms with Crippen LogP contribution in [0.15, 0.2) is 29.2 Å². The first-order chi connectivity index (χ1) is 7.74. The van der Waals surface area contributed by atoms with Crippen molar-refractivity contribution < 1.29 is 9.84 Å². The molecule has 0 aliphatic carbocycles. The molecule has 0 aromatic carbocycles. The number of aliphatic hydroxyl groups is 1. The lowest BCUT2D eigenvalue weighted by atomic mass is 10.3. The molecule has 1 atom stereocenters. The normalized spacial score (nSPS) is 12.6. The molecule has 0 aliphatic heterocycles. The minimum Gasteiger partial charge on any atom is -0.389 e. The molecule has 0 spiro atoms. The molecule has 0 fully saturated rings. The fourth-order valence-electron chi connectivity index (χ4n) is 1.36. The Labute approximate surface area is 95.5 Å². The quantitative estimate of drug-likeness (QED) is 0.705. The van der Waals surface area contributed by atoms with Crippen LogP contribution in [-0.4, -0.2) is 29.0 Å². The largest absolute Gasteiger partial charge is 0.389 e. The van der Waals surface area contributed by atoms with Crippen molar-refractivity contribution in [3.8, 4) is 0 Å². The van der Waals surface area contributed by atoms with Gasteiger partial charge in [0.1, 0.15) is 0 Å². The maximum absolute atomic E-state index is 11.3. The maximum atomic E-state index is 11.3. The Morgan fingerprint density at radius 3 is 3.00 bits per heavy atom. The Hall–Kier alpha value is -1.13. The van der Waals surface area contributed by atoms with Crippen molar-refractivity contribution in [2.45, 2.75) is 32.4 Å². The van der Waals surface area contributed by atoms with E-state index in [0.717, 1.165) is 12.8 Å². The first-order valence-electron chi connectivity index (χ1n) is 5.65. The second-order valence-electron chi connectivity index (χ2n) is 3.77. The summed E-state index contributed by atoms with van der Waals surface area (Å²) in [5.41, 5.74) is -0.102. The smallest absolute Gasteiger partial charge is 0.250 e. The van der Waals surface area contributed by atoms with Gasteiger partial charge in [0.2, 0.25) is 0 Å². The van der Waals surface area contributed by atoms with E-state index in [0.29, 0.717) is 6.61 Å². The molecule has 4 nitrogen and oxygen atoms in total. The van der Waals surface area contributed by atoms with E-state index in [9.17, 15) is 9.90 Å². The van der Waals surface area contributed by atoms with E-state index in [1.165, 1.54) is 10.6 Å². The fourth-order valence-corrected chi connectivity index (χ4v) is 1.36. The zero-order chi connectivity index (χ0) is 11.8. The number of aromatic nitrogens is 1. The van der Waals surface area contributed by atoms with E-state index < -0.39 is 6.10 Å². The zero-order valence-corrected chi connectivity index (χ0v) is 9.63. The number of aliphatic hydroxyl groups excluding tert-OH is 1. The molecule has 16 heavy (non-hydrogen) atoms. The van der Waals surface area contributed by atoms with Crippen LogP contribution >= 0.6 is 0 Å². The summed E-state index contributed by atoms with van der Waals surface area (Å²) in [6.07, 6.45) is 3.11. The molecule has 0 saturated heterocycles. The molecular weight excluding hydrogens is 206 g/mol. The lowest BCUT2D eigenvalue weighted by molar-refractivity contribution is 0.0266. The van der Waals surface area contributed by atoms with Crippen LogP contribution in [0.5, 0.6) is 0 Å². The fraction of sp³-hybridized carbons (Fsp3) is 0.583. The van der Waals surface area contributed by atoms with Crippen LogP contribution in [0.2, 0.25) is 0 Å². The molecule has 90 valence electrons. The highest BCUT2D eigenvalue weighted by Gasteiger charge is 2.05. The third-order valence-corrected chi connectivity index (χ3v) is 2.26. The molecular formula is C12H19NO3. The highest BCUT2D eigenvalue weighted by Crippen LogP contribution is 1.93. The third kappa shape index (κ3) is 4.59. The van der Waals surface area contributed by atoms with Gasteiger partial charge in [-0.3, -0.25) is 4.79 Å². The van der Waals surface area contributed by atoms with E-state index in [1.807, 2.05) is 0 Å². The average molecular weight is 225 g/mol. The van der Waals surface area contributed by atoms with E-state index >= 15 is 0 Å². The van der Waals surface area contributed by atoms with Crippen LogP contribution in [0.3, 0.4) is 0 Å². The highest BCUT2D eigenvalue weighted by atomic mass is 16.5. The Morgan fingerprint density at radius 2 is 2.31 bits per heavy atom. The molecule has 0 aliphatic rings. The SMILES string of the molecule is CCCCOCC(O)Cn1ccccc1=O. The average Bonchev–Trinajstić information content (AvgIpc) is 2.28. The molecule has 4 heteroatoms. The van der Waals surface area contributed by atoms with Crippen LogP contribution < -0.4 is 5.56 Å². The summed E-state index contributed by atoms with van der Waals surface area (Å²) in [5.74, 6) is 0. The lowest BCUT2D eigenvalue weighted by Crippen LogP contribution is -2.28. The van der Waals surface area contributed by atoms with Crippen LogP contribution in [0.1, 0.15) is 19.8 Å². The molecule has 1 aromatic rings. The number of hydrogen-bond acceptors (Lipinski definition) is 3. The van der Waals surface area contributed by atoms with Gasteiger partial charge >= 0.3 is 0 Å². The lowest BCUT2D eigenvalue weighted by Gasteiger charge is -2.12. The summed E-state index contributed by atoms with van der Waals surface area (Å²) in [7, 11) is 0. The molecule has 0 amide bonds. The summed E-state index contributed by atoms with van der Waals surface area (Å²) < 4.78 is 6.76.